The summed E-state index contributed by atoms with van der Waals surface area (Å²) in [6, 6.07) is 20.0. The molecule has 0 atom stereocenters. The summed E-state index contributed by atoms with van der Waals surface area (Å²) in [4.78, 5) is 40.6. The van der Waals surface area contributed by atoms with Gasteiger partial charge in [0, 0.05) is 40.4 Å². The highest BCUT2D eigenvalue weighted by atomic mass is 79.9. The molecule has 3 aromatic carbocycles. The number of benzene rings is 3. The van der Waals surface area contributed by atoms with Crippen LogP contribution in [0.3, 0.4) is 0 Å². The van der Waals surface area contributed by atoms with Crippen LogP contribution in [0, 0.1) is 10.1 Å². The third kappa shape index (κ3) is 6.99. The Hall–Kier alpha value is -4.26. The molecule has 12 heteroatoms. The average Bonchev–Trinajstić information content (AvgIpc) is 2.90. The molecular weight excluding hydrogens is 588 g/mol. The van der Waals surface area contributed by atoms with E-state index in [1.807, 2.05) is 0 Å². The molecule has 0 bridgehead atoms. The molecule has 39 heavy (non-hydrogen) atoms. The quantitative estimate of drug-likeness (QED) is 0.158. The summed E-state index contributed by atoms with van der Waals surface area (Å²) in [6.45, 7) is 0. The van der Waals surface area contributed by atoms with Crippen molar-refractivity contribution in [2.24, 2.45) is 5.14 Å². The van der Waals surface area contributed by atoms with Crippen LogP contribution in [0.2, 0.25) is 0 Å². The van der Waals surface area contributed by atoms with E-state index in [9.17, 15) is 28.1 Å². The van der Waals surface area contributed by atoms with E-state index in [2.05, 4.69) is 26.2 Å². The van der Waals surface area contributed by atoms with Crippen molar-refractivity contribution in [3.05, 3.63) is 116 Å². The summed E-state index contributed by atoms with van der Waals surface area (Å²) in [5.74, 6) is -0.418. The number of pyridine rings is 1. The first kappa shape index (κ1) is 27.8. The van der Waals surface area contributed by atoms with E-state index in [0.717, 1.165) is 4.47 Å². The standard InChI is InChI=1S/C27H21BrN4O6S/c28-21-10-12-26(30-16-21)31-27(34)15-20-13-22(32(35)36)11-9-19(20)14-24(33)18-7-5-17(6-8-18)23-3-1-2-4-25(23)39(29,37)38/h1-13,16H,14-15H2,(H2,29,37,38)(H,30,31,34). The van der Waals surface area contributed by atoms with Gasteiger partial charge in [0.2, 0.25) is 15.9 Å². The van der Waals surface area contributed by atoms with Crippen LogP contribution in [0.25, 0.3) is 11.1 Å². The van der Waals surface area contributed by atoms with E-state index in [0.29, 0.717) is 33.6 Å². The molecule has 0 aliphatic carbocycles. The molecule has 0 radical (unpaired) electrons. The fraction of sp³-hybridized carbons (Fsp3) is 0.0741. The third-order valence-electron chi connectivity index (χ3n) is 5.81. The number of Topliss-reactive ketones (excluding diaryl/α,β-unsaturated/α-hetero) is 1. The maximum Gasteiger partial charge on any atom is 0.269 e. The minimum absolute atomic E-state index is 0.0313. The SMILES string of the molecule is NS(=O)(=O)c1ccccc1-c1ccc(C(=O)Cc2ccc([N+](=O)[O-])cc2CC(=O)Nc2ccc(Br)cn2)cc1. The number of nitro benzene ring substituents is 1. The number of primary sulfonamides is 1. The molecule has 4 aromatic rings. The predicted octanol–water partition coefficient (Wildman–Crippen LogP) is 4.67. The van der Waals surface area contributed by atoms with Crippen molar-refractivity contribution in [2.75, 3.05) is 5.32 Å². The summed E-state index contributed by atoms with van der Waals surface area (Å²) in [6.07, 6.45) is 1.21. The number of nitrogens with two attached hydrogens (primary N) is 1. The van der Waals surface area contributed by atoms with E-state index >= 15 is 0 Å². The highest BCUT2D eigenvalue weighted by Gasteiger charge is 2.18. The molecule has 3 N–H and O–H groups in total. The summed E-state index contributed by atoms with van der Waals surface area (Å²) in [5.41, 5.74) is 1.92. The van der Waals surface area contributed by atoms with Gasteiger partial charge in [-0.25, -0.2) is 18.5 Å². The van der Waals surface area contributed by atoms with E-state index < -0.39 is 20.9 Å². The Kier molecular flexibility index (Phi) is 8.29. The van der Waals surface area contributed by atoms with Crippen molar-refractivity contribution in [3.8, 4) is 11.1 Å². The van der Waals surface area contributed by atoms with Crippen molar-refractivity contribution in [1.82, 2.24) is 4.98 Å². The number of rotatable bonds is 9. The maximum atomic E-state index is 13.1. The molecular formula is C27H21BrN4O6S. The fourth-order valence-electron chi connectivity index (χ4n) is 3.94. The first-order valence-electron chi connectivity index (χ1n) is 11.4. The largest absolute Gasteiger partial charge is 0.310 e. The summed E-state index contributed by atoms with van der Waals surface area (Å²) in [5, 5.41) is 19.3. The van der Waals surface area contributed by atoms with Gasteiger partial charge < -0.3 is 5.32 Å². The number of amides is 1. The number of hydrogen-bond donors (Lipinski definition) is 2. The molecule has 0 saturated heterocycles. The number of nitrogens with one attached hydrogen (secondary N) is 1. The van der Waals surface area contributed by atoms with Gasteiger partial charge in [-0.15, -0.1) is 0 Å². The van der Waals surface area contributed by atoms with Gasteiger partial charge >= 0.3 is 0 Å². The average molecular weight is 609 g/mol. The van der Waals surface area contributed by atoms with Gasteiger partial charge in [-0.05, 0) is 50.8 Å². The smallest absolute Gasteiger partial charge is 0.269 e. The number of carbonyl (C=O) groups excluding carboxylic acids is 2. The third-order valence-corrected chi connectivity index (χ3v) is 7.25. The number of ketones is 1. The second kappa shape index (κ2) is 11.6. The lowest BCUT2D eigenvalue weighted by Gasteiger charge is -2.11. The zero-order valence-electron chi connectivity index (χ0n) is 20.2. The molecule has 10 nitrogen and oxygen atoms in total. The molecule has 1 amide bonds. The first-order chi connectivity index (χ1) is 18.5. The molecule has 0 fully saturated rings. The van der Waals surface area contributed by atoms with Gasteiger partial charge in [-0.1, -0.05) is 48.5 Å². The van der Waals surface area contributed by atoms with Gasteiger partial charge in [-0.3, -0.25) is 19.7 Å². The van der Waals surface area contributed by atoms with Gasteiger partial charge in [0.15, 0.2) is 5.78 Å². The minimum Gasteiger partial charge on any atom is -0.310 e. The lowest BCUT2D eigenvalue weighted by molar-refractivity contribution is -0.384. The molecule has 0 spiro atoms. The Bertz CT molecular complexity index is 1670. The van der Waals surface area contributed by atoms with Crippen LogP contribution in [-0.4, -0.2) is 30.0 Å². The Morgan fingerprint density at radius 3 is 2.31 bits per heavy atom. The fourth-order valence-corrected chi connectivity index (χ4v) is 4.93. The number of carbonyl (C=O) groups is 2. The summed E-state index contributed by atoms with van der Waals surface area (Å²) < 4.78 is 24.6. The molecule has 1 aromatic heterocycles. The number of nitro groups is 1. The van der Waals surface area contributed by atoms with Crippen molar-refractivity contribution >= 4 is 49.1 Å². The number of non-ortho nitro benzene ring substituents is 1. The number of nitrogens with zero attached hydrogens (tertiary/aromatic N) is 2. The molecule has 0 saturated carbocycles. The van der Waals surface area contributed by atoms with Crippen LogP contribution >= 0.6 is 15.9 Å². The Labute approximate surface area is 232 Å². The first-order valence-corrected chi connectivity index (χ1v) is 13.8. The molecule has 4 rings (SSSR count). The van der Waals surface area contributed by atoms with Crippen molar-refractivity contribution in [2.45, 2.75) is 17.7 Å². The second-order valence-electron chi connectivity index (χ2n) is 8.52. The van der Waals surface area contributed by atoms with Gasteiger partial charge in [0.1, 0.15) is 5.82 Å². The molecule has 198 valence electrons. The number of halogens is 1. The Balaban J connectivity index is 1.55. The summed E-state index contributed by atoms with van der Waals surface area (Å²) in [7, 11) is -3.95. The number of anilines is 1. The van der Waals surface area contributed by atoms with Crippen LogP contribution in [0.5, 0.6) is 0 Å². The summed E-state index contributed by atoms with van der Waals surface area (Å²) >= 11 is 3.27. The monoisotopic (exact) mass is 608 g/mol. The van der Waals surface area contributed by atoms with Gasteiger partial charge in [0.25, 0.3) is 5.69 Å². The minimum atomic E-state index is -3.95. The number of aromatic nitrogens is 1. The Morgan fingerprint density at radius 2 is 1.67 bits per heavy atom. The molecule has 0 aliphatic heterocycles. The highest BCUT2D eigenvalue weighted by molar-refractivity contribution is 9.10. The Morgan fingerprint density at radius 1 is 0.949 bits per heavy atom. The lowest BCUT2D eigenvalue weighted by Crippen LogP contribution is -2.17. The molecule has 1 heterocycles. The van der Waals surface area contributed by atoms with Crippen LogP contribution in [0.15, 0.2) is 94.4 Å². The number of hydrogen-bond acceptors (Lipinski definition) is 7. The van der Waals surface area contributed by atoms with E-state index in [4.69, 9.17) is 5.14 Å². The van der Waals surface area contributed by atoms with Crippen molar-refractivity contribution < 1.29 is 22.9 Å². The number of sulfonamides is 1. The maximum absolute atomic E-state index is 13.1. The van der Waals surface area contributed by atoms with Crippen LogP contribution < -0.4 is 10.5 Å². The predicted molar refractivity (Wildman–Crippen MR) is 149 cm³/mol. The van der Waals surface area contributed by atoms with Crippen LogP contribution in [0.1, 0.15) is 21.5 Å². The zero-order chi connectivity index (χ0) is 28.2. The molecule has 0 aliphatic rings. The lowest BCUT2D eigenvalue weighted by atomic mass is 9.95. The van der Waals surface area contributed by atoms with Crippen molar-refractivity contribution in [1.29, 1.82) is 0 Å². The molecule has 0 unspecified atom stereocenters. The van der Waals surface area contributed by atoms with Crippen molar-refractivity contribution in [3.63, 3.8) is 0 Å². The van der Waals surface area contributed by atoms with Gasteiger partial charge in [-0.2, -0.15) is 0 Å². The zero-order valence-corrected chi connectivity index (χ0v) is 22.6. The van der Waals surface area contributed by atoms with E-state index in [1.54, 1.807) is 54.6 Å². The highest BCUT2D eigenvalue weighted by Crippen LogP contribution is 2.27. The second-order valence-corrected chi connectivity index (χ2v) is 11.0. The van der Waals surface area contributed by atoms with Crippen LogP contribution in [0.4, 0.5) is 11.5 Å². The van der Waals surface area contributed by atoms with E-state index in [1.165, 1.54) is 30.5 Å². The normalized spacial score (nSPS) is 11.1. The van der Waals surface area contributed by atoms with Crippen LogP contribution in [-0.2, 0) is 27.7 Å². The van der Waals surface area contributed by atoms with Gasteiger partial charge in [0.05, 0.1) is 16.2 Å². The topological polar surface area (TPSA) is 162 Å². The van der Waals surface area contributed by atoms with E-state index in [-0.39, 0.29) is 29.2 Å².